The molecule has 1 aromatic carbocycles. The zero-order chi connectivity index (χ0) is 15.9. The lowest BCUT2D eigenvalue weighted by Crippen LogP contribution is -2.27. The third-order valence-electron chi connectivity index (χ3n) is 4.04. The van der Waals surface area contributed by atoms with Gasteiger partial charge in [0.25, 0.3) is 5.91 Å². The van der Waals surface area contributed by atoms with Crippen LogP contribution >= 0.6 is 0 Å². The van der Waals surface area contributed by atoms with Gasteiger partial charge in [-0.25, -0.2) is 9.97 Å². The Hall–Kier alpha value is -2.43. The van der Waals surface area contributed by atoms with Crippen molar-refractivity contribution in [2.45, 2.75) is 25.7 Å². The van der Waals surface area contributed by atoms with Gasteiger partial charge in [-0.05, 0) is 37.3 Å². The summed E-state index contributed by atoms with van der Waals surface area (Å²) < 4.78 is 0. The van der Waals surface area contributed by atoms with E-state index in [9.17, 15) is 4.79 Å². The van der Waals surface area contributed by atoms with Crippen molar-refractivity contribution in [2.75, 3.05) is 24.5 Å². The highest BCUT2D eigenvalue weighted by Gasteiger charge is 2.16. The van der Waals surface area contributed by atoms with E-state index in [0.717, 1.165) is 25.9 Å². The fourth-order valence-corrected chi connectivity index (χ4v) is 2.77. The number of rotatable bonds is 6. The van der Waals surface area contributed by atoms with Gasteiger partial charge in [0, 0.05) is 25.8 Å². The molecule has 2 aromatic rings. The van der Waals surface area contributed by atoms with E-state index in [4.69, 9.17) is 0 Å². The first-order valence-corrected chi connectivity index (χ1v) is 8.23. The van der Waals surface area contributed by atoms with Crippen LogP contribution in [0.5, 0.6) is 0 Å². The Morgan fingerprint density at radius 3 is 2.70 bits per heavy atom. The number of aromatic nitrogens is 2. The highest BCUT2D eigenvalue weighted by Crippen LogP contribution is 2.15. The number of nitrogens with zero attached hydrogens (tertiary/aromatic N) is 3. The number of aryl methyl sites for hydroxylation is 1. The minimum Gasteiger partial charge on any atom is -0.351 e. The molecule has 1 amide bonds. The summed E-state index contributed by atoms with van der Waals surface area (Å²) in [6.07, 6.45) is 5.88. The van der Waals surface area contributed by atoms with E-state index in [0.29, 0.717) is 18.2 Å². The third-order valence-corrected chi connectivity index (χ3v) is 4.04. The van der Waals surface area contributed by atoms with Gasteiger partial charge in [-0.3, -0.25) is 4.79 Å². The maximum Gasteiger partial charge on any atom is 0.270 e. The molecule has 0 bridgehead atoms. The first-order chi connectivity index (χ1) is 11.3. The zero-order valence-corrected chi connectivity index (χ0v) is 13.2. The Labute approximate surface area is 136 Å². The summed E-state index contributed by atoms with van der Waals surface area (Å²) in [5.74, 6) is 0.542. The first-order valence-electron chi connectivity index (χ1n) is 8.23. The summed E-state index contributed by atoms with van der Waals surface area (Å²) in [4.78, 5) is 23.0. The molecule has 0 radical (unpaired) electrons. The van der Waals surface area contributed by atoms with Gasteiger partial charge >= 0.3 is 0 Å². The van der Waals surface area contributed by atoms with Crippen LogP contribution in [0.1, 0.15) is 35.3 Å². The molecule has 1 aromatic heterocycles. The number of hydrogen-bond donors (Lipinski definition) is 1. The Morgan fingerprint density at radius 1 is 1.13 bits per heavy atom. The lowest BCUT2D eigenvalue weighted by molar-refractivity contribution is 0.0948. The summed E-state index contributed by atoms with van der Waals surface area (Å²) in [7, 11) is 0. The molecule has 23 heavy (non-hydrogen) atoms. The second-order valence-corrected chi connectivity index (χ2v) is 5.78. The smallest absolute Gasteiger partial charge is 0.270 e. The van der Waals surface area contributed by atoms with Crippen molar-refractivity contribution < 1.29 is 4.79 Å². The fourth-order valence-electron chi connectivity index (χ4n) is 2.77. The minimum atomic E-state index is -0.124. The number of anilines is 1. The SMILES string of the molecule is O=C(NCCCc1ccccc1)c1ccnc(N2CCCC2)n1. The maximum absolute atomic E-state index is 12.2. The van der Waals surface area contributed by atoms with Crippen LogP contribution in [0, 0.1) is 0 Å². The minimum absolute atomic E-state index is 0.124. The lowest BCUT2D eigenvalue weighted by Gasteiger charge is -2.15. The van der Waals surface area contributed by atoms with Gasteiger partial charge in [-0.15, -0.1) is 0 Å². The van der Waals surface area contributed by atoms with E-state index in [2.05, 4.69) is 32.3 Å². The molecule has 0 spiro atoms. The van der Waals surface area contributed by atoms with Crippen LogP contribution < -0.4 is 10.2 Å². The Morgan fingerprint density at radius 2 is 1.91 bits per heavy atom. The summed E-state index contributed by atoms with van der Waals surface area (Å²) in [5.41, 5.74) is 1.74. The molecule has 1 N–H and O–H groups in total. The van der Waals surface area contributed by atoms with E-state index in [1.165, 1.54) is 18.4 Å². The number of nitrogens with one attached hydrogen (secondary N) is 1. The molecule has 3 rings (SSSR count). The summed E-state index contributed by atoms with van der Waals surface area (Å²) >= 11 is 0. The summed E-state index contributed by atoms with van der Waals surface area (Å²) in [6, 6.07) is 12.0. The maximum atomic E-state index is 12.2. The van der Waals surface area contributed by atoms with Crippen LogP contribution in [0.4, 0.5) is 5.95 Å². The predicted octanol–water partition coefficient (Wildman–Crippen LogP) is 2.44. The molecule has 120 valence electrons. The van der Waals surface area contributed by atoms with Crippen molar-refractivity contribution in [3.8, 4) is 0 Å². The number of carbonyl (C=O) groups excluding carboxylic acids is 1. The van der Waals surface area contributed by atoms with E-state index in [1.807, 2.05) is 18.2 Å². The normalized spacial score (nSPS) is 14.0. The van der Waals surface area contributed by atoms with Gasteiger partial charge in [0.05, 0.1) is 0 Å². The van der Waals surface area contributed by atoms with Crippen molar-refractivity contribution in [3.63, 3.8) is 0 Å². The van der Waals surface area contributed by atoms with Crippen molar-refractivity contribution in [2.24, 2.45) is 0 Å². The average Bonchev–Trinajstić information content (AvgIpc) is 3.14. The highest BCUT2D eigenvalue weighted by atomic mass is 16.1. The van der Waals surface area contributed by atoms with Crippen LogP contribution in [0.3, 0.4) is 0 Å². The number of hydrogen-bond acceptors (Lipinski definition) is 4. The highest BCUT2D eigenvalue weighted by molar-refractivity contribution is 5.92. The van der Waals surface area contributed by atoms with Crippen LogP contribution in [-0.2, 0) is 6.42 Å². The van der Waals surface area contributed by atoms with Gasteiger partial charge in [0.1, 0.15) is 5.69 Å². The zero-order valence-electron chi connectivity index (χ0n) is 13.2. The van der Waals surface area contributed by atoms with Crippen molar-refractivity contribution in [3.05, 3.63) is 53.9 Å². The van der Waals surface area contributed by atoms with Crippen LogP contribution in [0.15, 0.2) is 42.6 Å². The number of amides is 1. The van der Waals surface area contributed by atoms with Gasteiger partial charge in [0.15, 0.2) is 0 Å². The van der Waals surface area contributed by atoms with E-state index in [1.54, 1.807) is 12.3 Å². The third kappa shape index (κ3) is 4.28. The average molecular weight is 310 g/mol. The van der Waals surface area contributed by atoms with Crippen molar-refractivity contribution >= 4 is 11.9 Å². The molecule has 5 heteroatoms. The largest absolute Gasteiger partial charge is 0.351 e. The molecule has 1 fully saturated rings. The predicted molar refractivity (Wildman–Crippen MR) is 90.6 cm³/mol. The van der Waals surface area contributed by atoms with Crippen molar-refractivity contribution in [1.29, 1.82) is 0 Å². The standard InChI is InChI=1S/C18H22N4O/c23-17(19-11-6-9-15-7-2-1-3-8-15)16-10-12-20-18(21-16)22-13-4-5-14-22/h1-3,7-8,10,12H,4-6,9,11,13-14H2,(H,19,23). The van der Waals surface area contributed by atoms with Gasteiger partial charge in [-0.1, -0.05) is 30.3 Å². The molecular weight excluding hydrogens is 288 g/mol. The van der Waals surface area contributed by atoms with Gasteiger partial charge in [0.2, 0.25) is 5.95 Å². The molecular formula is C18H22N4O. The number of benzene rings is 1. The molecule has 5 nitrogen and oxygen atoms in total. The second-order valence-electron chi connectivity index (χ2n) is 5.78. The van der Waals surface area contributed by atoms with Crippen molar-refractivity contribution in [1.82, 2.24) is 15.3 Å². The van der Waals surface area contributed by atoms with Gasteiger partial charge in [-0.2, -0.15) is 0 Å². The van der Waals surface area contributed by atoms with E-state index >= 15 is 0 Å². The Kier molecular flexibility index (Phi) is 5.19. The molecule has 0 atom stereocenters. The second kappa shape index (κ2) is 7.72. The molecule has 0 saturated carbocycles. The Balaban J connectivity index is 1.49. The molecule has 1 aliphatic rings. The fraction of sp³-hybridized carbons (Fsp3) is 0.389. The monoisotopic (exact) mass is 310 g/mol. The molecule has 1 aliphatic heterocycles. The van der Waals surface area contributed by atoms with Gasteiger partial charge < -0.3 is 10.2 Å². The number of carbonyl (C=O) groups is 1. The van der Waals surface area contributed by atoms with Crippen LogP contribution in [0.2, 0.25) is 0 Å². The lowest BCUT2D eigenvalue weighted by atomic mass is 10.1. The van der Waals surface area contributed by atoms with Crippen LogP contribution in [0.25, 0.3) is 0 Å². The summed E-state index contributed by atoms with van der Waals surface area (Å²) in [6.45, 7) is 2.60. The molecule has 1 saturated heterocycles. The Bertz CT molecular complexity index is 638. The molecule has 0 aliphatic carbocycles. The molecule has 0 unspecified atom stereocenters. The van der Waals surface area contributed by atoms with Crippen LogP contribution in [-0.4, -0.2) is 35.5 Å². The van der Waals surface area contributed by atoms with E-state index < -0.39 is 0 Å². The summed E-state index contributed by atoms with van der Waals surface area (Å²) in [5, 5.41) is 2.94. The topological polar surface area (TPSA) is 58.1 Å². The molecule has 2 heterocycles. The first kappa shape index (κ1) is 15.5. The van der Waals surface area contributed by atoms with E-state index in [-0.39, 0.29) is 5.91 Å². The quantitative estimate of drug-likeness (QED) is 0.833.